The zero-order valence-corrected chi connectivity index (χ0v) is 10.3. The third kappa shape index (κ3) is 4.25. The fourth-order valence-electron chi connectivity index (χ4n) is 0.894. The van der Waals surface area contributed by atoms with Gasteiger partial charge >= 0.3 is 11.9 Å². The minimum Gasteiger partial charge on any atom is -0.468 e. The van der Waals surface area contributed by atoms with Crippen LogP contribution in [0.4, 0.5) is 0 Å². The fourth-order valence-corrected chi connectivity index (χ4v) is 1.55. The molecule has 0 N–H and O–H groups in total. The Morgan fingerprint density at radius 3 is 2.94 bits per heavy atom. The van der Waals surface area contributed by atoms with Gasteiger partial charge in [-0.3, -0.25) is 4.79 Å². The van der Waals surface area contributed by atoms with Gasteiger partial charge in [0, 0.05) is 5.38 Å². The van der Waals surface area contributed by atoms with Crippen molar-refractivity contribution in [3.05, 3.63) is 16.1 Å². The topological polar surface area (TPSA) is 65.5 Å². The van der Waals surface area contributed by atoms with Crippen LogP contribution < -0.4 is 0 Å². The van der Waals surface area contributed by atoms with E-state index in [1.165, 1.54) is 18.4 Å². The maximum atomic E-state index is 11.3. The Labute approximate surface area is 103 Å². The van der Waals surface area contributed by atoms with Gasteiger partial charge in [-0.1, -0.05) is 5.92 Å². The molecule has 6 heteroatoms. The minimum absolute atomic E-state index is 0.00478. The average Bonchev–Trinajstić information content (AvgIpc) is 2.78. The summed E-state index contributed by atoms with van der Waals surface area (Å²) in [5.41, 5.74) is 0.235. The van der Waals surface area contributed by atoms with Gasteiger partial charge in [-0.25, -0.2) is 9.78 Å². The number of carbonyl (C=O) groups is 2. The second-order valence-electron chi connectivity index (χ2n) is 2.81. The van der Waals surface area contributed by atoms with E-state index in [-0.39, 0.29) is 12.1 Å². The smallest absolute Gasteiger partial charge is 0.357 e. The molecule has 0 atom stereocenters. The van der Waals surface area contributed by atoms with Gasteiger partial charge in [-0.05, 0) is 12.8 Å². The van der Waals surface area contributed by atoms with E-state index in [0.29, 0.717) is 11.6 Å². The number of hydrogen-bond donors (Lipinski definition) is 0. The molecule has 90 valence electrons. The number of methoxy groups -OCH3 is 1. The van der Waals surface area contributed by atoms with Gasteiger partial charge in [0.25, 0.3) is 0 Å². The largest absolute Gasteiger partial charge is 0.468 e. The Morgan fingerprint density at radius 2 is 2.29 bits per heavy atom. The Bertz CT molecular complexity index is 469. The van der Waals surface area contributed by atoms with Crippen LogP contribution in [0.15, 0.2) is 5.38 Å². The van der Waals surface area contributed by atoms with E-state index in [1.807, 2.05) is 0 Å². The molecule has 0 saturated heterocycles. The van der Waals surface area contributed by atoms with Gasteiger partial charge in [0.15, 0.2) is 10.7 Å². The minimum atomic E-state index is -0.468. The van der Waals surface area contributed by atoms with Crippen LogP contribution >= 0.6 is 11.3 Å². The Hall–Kier alpha value is -1.87. The van der Waals surface area contributed by atoms with Crippen LogP contribution in [0.5, 0.6) is 0 Å². The van der Waals surface area contributed by atoms with Crippen LogP contribution in [-0.2, 0) is 14.3 Å². The van der Waals surface area contributed by atoms with E-state index >= 15 is 0 Å². The molecule has 0 aromatic carbocycles. The summed E-state index contributed by atoms with van der Waals surface area (Å²) in [5.74, 6) is 4.41. The summed E-state index contributed by atoms with van der Waals surface area (Å²) in [6.45, 7) is 2.03. The zero-order valence-electron chi connectivity index (χ0n) is 9.48. The summed E-state index contributed by atoms with van der Waals surface area (Å²) in [6, 6.07) is 0. The van der Waals surface area contributed by atoms with Crippen molar-refractivity contribution >= 4 is 23.3 Å². The highest BCUT2D eigenvalue weighted by Crippen LogP contribution is 2.09. The lowest BCUT2D eigenvalue weighted by atomic mass is 10.4. The zero-order chi connectivity index (χ0) is 12.7. The molecule has 0 aliphatic rings. The molecule has 0 radical (unpaired) electrons. The van der Waals surface area contributed by atoms with E-state index in [9.17, 15) is 9.59 Å². The molecular weight excluding hydrogens is 242 g/mol. The predicted molar refractivity (Wildman–Crippen MR) is 61.6 cm³/mol. The molecule has 0 spiro atoms. The number of nitrogens with zero attached hydrogens (tertiary/aromatic N) is 1. The summed E-state index contributed by atoms with van der Waals surface area (Å²) >= 11 is 1.23. The van der Waals surface area contributed by atoms with Gasteiger partial charge in [-0.2, -0.15) is 0 Å². The highest BCUT2D eigenvalue weighted by molar-refractivity contribution is 7.10. The Morgan fingerprint density at radius 1 is 1.53 bits per heavy atom. The lowest BCUT2D eigenvalue weighted by Crippen LogP contribution is -2.04. The molecule has 0 bridgehead atoms. The maximum absolute atomic E-state index is 11.3. The molecule has 0 aliphatic carbocycles. The third-order valence-electron chi connectivity index (χ3n) is 1.64. The SMILES string of the molecule is CCOC(=O)c1csc(C#CCC(=O)OC)n1. The van der Waals surface area contributed by atoms with Crippen LogP contribution in [0.2, 0.25) is 0 Å². The third-order valence-corrected chi connectivity index (χ3v) is 2.40. The first kappa shape index (κ1) is 13.2. The van der Waals surface area contributed by atoms with Crippen LogP contribution in [-0.4, -0.2) is 30.6 Å². The summed E-state index contributed by atoms with van der Waals surface area (Å²) in [7, 11) is 1.30. The monoisotopic (exact) mass is 253 g/mol. The number of aromatic nitrogens is 1. The van der Waals surface area contributed by atoms with Gasteiger partial charge in [0.05, 0.1) is 13.7 Å². The molecular formula is C11H11NO4S. The first-order valence-electron chi connectivity index (χ1n) is 4.85. The number of ether oxygens (including phenoxy) is 2. The molecule has 0 amide bonds. The molecule has 5 nitrogen and oxygen atoms in total. The van der Waals surface area contributed by atoms with Crippen molar-refractivity contribution in [1.82, 2.24) is 4.98 Å². The van der Waals surface area contributed by atoms with Crippen molar-refractivity contribution in [2.24, 2.45) is 0 Å². The van der Waals surface area contributed by atoms with Crippen molar-refractivity contribution in [3.63, 3.8) is 0 Å². The highest BCUT2D eigenvalue weighted by Gasteiger charge is 2.10. The lowest BCUT2D eigenvalue weighted by Gasteiger charge is -1.95. The van der Waals surface area contributed by atoms with E-state index in [2.05, 4.69) is 21.6 Å². The number of rotatable bonds is 3. The van der Waals surface area contributed by atoms with Gasteiger partial charge < -0.3 is 9.47 Å². The van der Waals surface area contributed by atoms with Gasteiger partial charge in [0.1, 0.15) is 6.42 Å². The second kappa shape index (κ2) is 6.66. The van der Waals surface area contributed by atoms with Crippen LogP contribution in [0.3, 0.4) is 0 Å². The van der Waals surface area contributed by atoms with E-state index < -0.39 is 11.9 Å². The number of carbonyl (C=O) groups excluding carboxylic acids is 2. The van der Waals surface area contributed by atoms with E-state index in [0.717, 1.165) is 0 Å². The van der Waals surface area contributed by atoms with Crippen molar-refractivity contribution in [2.45, 2.75) is 13.3 Å². The summed E-state index contributed by atoms with van der Waals surface area (Å²) in [4.78, 5) is 26.0. The van der Waals surface area contributed by atoms with Crippen molar-refractivity contribution in [3.8, 4) is 11.8 Å². The van der Waals surface area contributed by atoms with Crippen LogP contribution in [0.25, 0.3) is 0 Å². The van der Waals surface area contributed by atoms with E-state index in [4.69, 9.17) is 4.74 Å². The molecule has 1 aromatic rings. The summed E-state index contributed by atoms with van der Waals surface area (Å²) < 4.78 is 9.22. The number of esters is 2. The average molecular weight is 253 g/mol. The fraction of sp³-hybridized carbons (Fsp3) is 0.364. The van der Waals surface area contributed by atoms with Gasteiger partial charge in [0.2, 0.25) is 0 Å². The number of thiazole rings is 1. The van der Waals surface area contributed by atoms with Crippen LogP contribution in [0.1, 0.15) is 28.8 Å². The quantitative estimate of drug-likeness (QED) is 0.599. The Balaban J connectivity index is 2.62. The molecule has 1 heterocycles. The molecule has 0 fully saturated rings. The first-order chi connectivity index (χ1) is 8.17. The Kier molecular flexibility index (Phi) is 5.17. The predicted octanol–water partition coefficient (Wildman–Crippen LogP) is 1.23. The second-order valence-corrected chi connectivity index (χ2v) is 3.67. The summed E-state index contributed by atoms with van der Waals surface area (Å²) in [6.07, 6.45) is 0.00478. The molecule has 0 aliphatic heterocycles. The van der Waals surface area contributed by atoms with E-state index in [1.54, 1.807) is 12.3 Å². The van der Waals surface area contributed by atoms with Crippen molar-refractivity contribution in [2.75, 3.05) is 13.7 Å². The standard InChI is InChI=1S/C11H11NO4S/c1-3-16-11(14)8-7-17-9(12-8)5-4-6-10(13)15-2/h7H,3,6H2,1-2H3. The molecule has 0 unspecified atom stereocenters. The molecule has 1 aromatic heterocycles. The maximum Gasteiger partial charge on any atom is 0.357 e. The highest BCUT2D eigenvalue weighted by atomic mass is 32.1. The van der Waals surface area contributed by atoms with Crippen LogP contribution in [0, 0.1) is 11.8 Å². The lowest BCUT2D eigenvalue weighted by molar-refractivity contribution is -0.139. The molecule has 17 heavy (non-hydrogen) atoms. The van der Waals surface area contributed by atoms with Crippen molar-refractivity contribution in [1.29, 1.82) is 0 Å². The van der Waals surface area contributed by atoms with Crippen molar-refractivity contribution < 1.29 is 19.1 Å². The normalized spacial score (nSPS) is 9.06. The number of hydrogen-bond acceptors (Lipinski definition) is 6. The summed E-state index contributed by atoms with van der Waals surface area (Å²) in [5, 5.41) is 2.04. The molecule has 1 rings (SSSR count). The first-order valence-corrected chi connectivity index (χ1v) is 5.73. The van der Waals surface area contributed by atoms with Gasteiger partial charge in [-0.15, -0.1) is 11.3 Å². The molecule has 0 saturated carbocycles.